The number of anilines is 1. The molecular formula is C17H28N2O. The Hall–Kier alpha value is -1.06. The molecule has 3 heteroatoms. The second-order valence-corrected chi connectivity index (χ2v) is 5.60. The molecule has 2 rings (SSSR count). The second-order valence-electron chi connectivity index (χ2n) is 5.60. The third-order valence-corrected chi connectivity index (χ3v) is 4.16. The molecule has 1 aliphatic heterocycles. The molecule has 0 amide bonds. The summed E-state index contributed by atoms with van der Waals surface area (Å²) in [6, 6.07) is 8.84. The van der Waals surface area contributed by atoms with E-state index in [-0.39, 0.29) is 0 Å². The molecule has 0 atom stereocenters. The summed E-state index contributed by atoms with van der Waals surface area (Å²) in [7, 11) is 0. The van der Waals surface area contributed by atoms with Gasteiger partial charge in [-0.3, -0.25) is 4.90 Å². The predicted octanol–water partition coefficient (Wildman–Crippen LogP) is 3.37. The van der Waals surface area contributed by atoms with E-state index in [0.29, 0.717) is 0 Å². The van der Waals surface area contributed by atoms with E-state index in [1.54, 1.807) is 0 Å². The van der Waals surface area contributed by atoms with E-state index in [4.69, 9.17) is 4.74 Å². The van der Waals surface area contributed by atoms with Crippen molar-refractivity contribution in [1.29, 1.82) is 0 Å². The Balaban J connectivity index is 1.85. The van der Waals surface area contributed by atoms with Crippen LogP contribution < -0.4 is 5.32 Å². The minimum atomic E-state index is 0.759. The molecule has 1 heterocycles. The first-order valence-electron chi connectivity index (χ1n) is 7.94. The van der Waals surface area contributed by atoms with Crippen molar-refractivity contribution in [3.05, 3.63) is 29.8 Å². The van der Waals surface area contributed by atoms with Gasteiger partial charge in [0, 0.05) is 32.0 Å². The first kappa shape index (κ1) is 15.3. The van der Waals surface area contributed by atoms with Gasteiger partial charge in [-0.2, -0.15) is 0 Å². The van der Waals surface area contributed by atoms with Gasteiger partial charge in [0.05, 0.1) is 0 Å². The van der Waals surface area contributed by atoms with Crippen molar-refractivity contribution in [2.24, 2.45) is 5.92 Å². The van der Waals surface area contributed by atoms with Crippen LogP contribution in [0.25, 0.3) is 0 Å². The largest absolute Gasteiger partial charge is 0.385 e. The first-order valence-corrected chi connectivity index (χ1v) is 7.94. The van der Waals surface area contributed by atoms with E-state index in [0.717, 1.165) is 45.3 Å². The summed E-state index contributed by atoms with van der Waals surface area (Å²) in [5, 5.41) is 3.59. The van der Waals surface area contributed by atoms with E-state index >= 15 is 0 Å². The molecule has 1 aromatic carbocycles. The fraction of sp³-hybridized carbons (Fsp3) is 0.647. The van der Waals surface area contributed by atoms with Gasteiger partial charge in [-0.25, -0.2) is 0 Å². The normalized spacial score (nSPS) is 16.6. The van der Waals surface area contributed by atoms with E-state index < -0.39 is 0 Å². The molecule has 0 aliphatic carbocycles. The topological polar surface area (TPSA) is 24.5 Å². The Morgan fingerprint density at radius 2 is 1.95 bits per heavy atom. The highest BCUT2D eigenvalue weighted by Gasteiger charge is 2.13. The van der Waals surface area contributed by atoms with Crippen LogP contribution in [0.1, 0.15) is 32.3 Å². The minimum absolute atomic E-state index is 0.759. The molecule has 0 radical (unpaired) electrons. The number of ether oxygens (including phenoxy) is 1. The lowest BCUT2D eigenvalue weighted by Gasteiger charge is -2.23. The molecule has 112 valence electrons. The molecule has 3 nitrogen and oxygen atoms in total. The van der Waals surface area contributed by atoms with Crippen LogP contribution >= 0.6 is 0 Å². The van der Waals surface area contributed by atoms with E-state index in [2.05, 4.69) is 48.3 Å². The van der Waals surface area contributed by atoms with Crippen LogP contribution in [0.3, 0.4) is 0 Å². The lowest BCUT2D eigenvalue weighted by atomic mass is 10.0. The number of benzene rings is 1. The maximum atomic E-state index is 5.41. The third kappa shape index (κ3) is 4.80. The zero-order valence-corrected chi connectivity index (χ0v) is 12.9. The van der Waals surface area contributed by atoms with Gasteiger partial charge in [-0.1, -0.05) is 26.0 Å². The van der Waals surface area contributed by atoms with Crippen molar-refractivity contribution in [3.8, 4) is 0 Å². The van der Waals surface area contributed by atoms with Crippen molar-refractivity contribution in [2.75, 3.05) is 38.2 Å². The lowest BCUT2D eigenvalue weighted by Crippen LogP contribution is -2.23. The van der Waals surface area contributed by atoms with Crippen molar-refractivity contribution in [1.82, 2.24) is 4.90 Å². The van der Waals surface area contributed by atoms with Crippen LogP contribution in [-0.4, -0.2) is 37.7 Å². The van der Waals surface area contributed by atoms with Crippen LogP contribution in [0.5, 0.6) is 0 Å². The van der Waals surface area contributed by atoms with Gasteiger partial charge in [0.1, 0.15) is 0 Å². The van der Waals surface area contributed by atoms with Crippen molar-refractivity contribution in [2.45, 2.75) is 33.2 Å². The van der Waals surface area contributed by atoms with Gasteiger partial charge in [-0.15, -0.1) is 0 Å². The fourth-order valence-corrected chi connectivity index (χ4v) is 2.70. The van der Waals surface area contributed by atoms with E-state index in [9.17, 15) is 0 Å². The molecule has 0 bridgehead atoms. The highest BCUT2D eigenvalue weighted by atomic mass is 16.5. The van der Waals surface area contributed by atoms with Crippen LogP contribution in [0.15, 0.2) is 24.3 Å². The van der Waals surface area contributed by atoms with Gasteiger partial charge in [0.25, 0.3) is 0 Å². The molecule has 20 heavy (non-hydrogen) atoms. The SMILES string of the molecule is CCN(CC)Cc1cccc(NCC2CCOCC2)c1. The Labute approximate surface area is 123 Å². The number of hydrogen-bond donors (Lipinski definition) is 1. The Bertz CT molecular complexity index is 384. The second kappa shape index (κ2) is 8.28. The molecule has 1 saturated heterocycles. The number of nitrogens with zero attached hydrogens (tertiary/aromatic N) is 1. The molecule has 0 aromatic heterocycles. The average Bonchev–Trinajstić information content (AvgIpc) is 2.52. The quantitative estimate of drug-likeness (QED) is 0.826. The van der Waals surface area contributed by atoms with Crippen molar-refractivity contribution >= 4 is 5.69 Å². The standard InChI is InChI=1S/C17H28N2O/c1-3-19(4-2)14-16-6-5-7-17(12-16)18-13-15-8-10-20-11-9-15/h5-7,12,15,18H,3-4,8-11,13-14H2,1-2H3. The highest BCUT2D eigenvalue weighted by molar-refractivity contribution is 5.45. The molecule has 1 aliphatic rings. The minimum Gasteiger partial charge on any atom is -0.385 e. The summed E-state index contributed by atoms with van der Waals surface area (Å²) in [4.78, 5) is 2.44. The molecule has 0 unspecified atom stereocenters. The third-order valence-electron chi connectivity index (χ3n) is 4.16. The zero-order chi connectivity index (χ0) is 14.2. The average molecular weight is 276 g/mol. The smallest absolute Gasteiger partial charge is 0.0469 e. The Morgan fingerprint density at radius 3 is 2.65 bits per heavy atom. The number of rotatable bonds is 7. The van der Waals surface area contributed by atoms with Crippen LogP contribution in [-0.2, 0) is 11.3 Å². The summed E-state index contributed by atoms with van der Waals surface area (Å²) in [5.74, 6) is 0.759. The maximum Gasteiger partial charge on any atom is 0.0469 e. The van der Waals surface area contributed by atoms with Crippen LogP contribution in [0.4, 0.5) is 5.69 Å². The molecule has 0 spiro atoms. The first-order chi connectivity index (χ1) is 9.81. The lowest BCUT2D eigenvalue weighted by molar-refractivity contribution is 0.0699. The van der Waals surface area contributed by atoms with Crippen molar-refractivity contribution < 1.29 is 4.74 Å². The summed E-state index contributed by atoms with van der Waals surface area (Å²) in [6.07, 6.45) is 2.37. The zero-order valence-electron chi connectivity index (χ0n) is 12.9. The summed E-state index contributed by atoms with van der Waals surface area (Å²) in [6.45, 7) is 10.6. The highest BCUT2D eigenvalue weighted by Crippen LogP contribution is 2.17. The monoisotopic (exact) mass is 276 g/mol. The fourth-order valence-electron chi connectivity index (χ4n) is 2.70. The summed E-state index contributed by atoms with van der Waals surface area (Å²) in [5.41, 5.74) is 2.65. The molecular weight excluding hydrogens is 248 g/mol. The number of hydrogen-bond acceptors (Lipinski definition) is 3. The molecule has 1 fully saturated rings. The summed E-state index contributed by atoms with van der Waals surface area (Å²) < 4.78 is 5.41. The van der Waals surface area contributed by atoms with E-state index in [1.165, 1.54) is 24.1 Å². The summed E-state index contributed by atoms with van der Waals surface area (Å²) >= 11 is 0. The Morgan fingerprint density at radius 1 is 1.20 bits per heavy atom. The van der Waals surface area contributed by atoms with Crippen LogP contribution in [0, 0.1) is 5.92 Å². The van der Waals surface area contributed by atoms with Crippen molar-refractivity contribution in [3.63, 3.8) is 0 Å². The van der Waals surface area contributed by atoms with Gasteiger partial charge in [0.15, 0.2) is 0 Å². The maximum absolute atomic E-state index is 5.41. The molecule has 1 aromatic rings. The predicted molar refractivity (Wildman–Crippen MR) is 85.1 cm³/mol. The Kier molecular flexibility index (Phi) is 6.34. The number of nitrogens with one attached hydrogen (secondary N) is 1. The molecule has 0 saturated carbocycles. The van der Waals surface area contributed by atoms with Gasteiger partial charge in [0.2, 0.25) is 0 Å². The van der Waals surface area contributed by atoms with Gasteiger partial charge < -0.3 is 10.1 Å². The molecule has 1 N–H and O–H groups in total. The van der Waals surface area contributed by atoms with Crippen LogP contribution in [0.2, 0.25) is 0 Å². The van der Waals surface area contributed by atoms with Gasteiger partial charge in [-0.05, 0) is 49.5 Å². The van der Waals surface area contributed by atoms with Gasteiger partial charge >= 0.3 is 0 Å². The van der Waals surface area contributed by atoms with E-state index in [1.807, 2.05) is 0 Å².